The zero-order valence-electron chi connectivity index (χ0n) is 14.2. The molecule has 25 heavy (non-hydrogen) atoms. The van der Waals surface area contributed by atoms with Gasteiger partial charge in [0, 0.05) is 23.0 Å². The summed E-state index contributed by atoms with van der Waals surface area (Å²) in [5, 5.41) is 7.80. The number of nitrogens with two attached hydrogens (primary N) is 2. The van der Waals surface area contributed by atoms with Crippen LogP contribution in [0.1, 0.15) is 30.2 Å². The summed E-state index contributed by atoms with van der Waals surface area (Å²) in [5.41, 5.74) is 15.1. The first-order valence-electron chi connectivity index (χ1n) is 8.07. The summed E-state index contributed by atoms with van der Waals surface area (Å²) >= 11 is 0. The van der Waals surface area contributed by atoms with Crippen molar-refractivity contribution in [1.29, 1.82) is 0 Å². The fraction of sp³-hybridized carbons (Fsp3) is 0.158. The smallest absolute Gasteiger partial charge is 0.254 e. The molecular formula is C19H21N5O. The SMILES string of the molecule is CC(C)n1nc(-c2ccc(Nc3ccccc3)cc2)c(C(N)=O)c1N. The first kappa shape index (κ1) is 16.6. The minimum atomic E-state index is -0.578. The highest BCUT2D eigenvalue weighted by atomic mass is 16.1. The third-order valence-electron chi connectivity index (χ3n) is 3.90. The van der Waals surface area contributed by atoms with Gasteiger partial charge in [0.25, 0.3) is 5.91 Å². The van der Waals surface area contributed by atoms with Gasteiger partial charge in [-0.25, -0.2) is 4.68 Å². The predicted octanol–water partition coefficient (Wildman–Crippen LogP) is 3.56. The first-order chi connectivity index (χ1) is 12.0. The van der Waals surface area contributed by atoms with E-state index in [2.05, 4.69) is 10.4 Å². The number of benzene rings is 2. The highest BCUT2D eigenvalue weighted by molar-refractivity contribution is 6.03. The standard InChI is InChI=1S/C19H21N5O/c1-12(2)24-18(20)16(19(21)25)17(23-24)13-8-10-15(11-9-13)22-14-6-4-3-5-7-14/h3-12,22H,20H2,1-2H3,(H2,21,25). The van der Waals surface area contributed by atoms with Crippen LogP contribution in [0.3, 0.4) is 0 Å². The number of carbonyl (C=O) groups is 1. The minimum Gasteiger partial charge on any atom is -0.383 e. The average molecular weight is 335 g/mol. The summed E-state index contributed by atoms with van der Waals surface area (Å²) in [7, 11) is 0. The van der Waals surface area contributed by atoms with Gasteiger partial charge >= 0.3 is 0 Å². The van der Waals surface area contributed by atoms with Crippen LogP contribution in [0.4, 0.5) is 17.2 Å². The number of rotatable bonds is 5. The number of amides is 1. The van der Waals surface area contributed by atoms with E-state index >= 15 is 0 Å². The second-order valence-corrected chi connectivity index (χ2v) is 6.08. The molecule has 6 nitrogen and oxygen atoms in total. The van der Waals surface area contributed by atoms with E-state index in [1.54, 1.807) is 4.68 Å². The van der Waals surface area contributed by atoms with Crippen molar-refractivity contribution in [1.82, 2.24) is 9.78 Å². The molecule has 0 aliphatic heterocycles. The molecule has 0 aliphatic rings. The number of nitrogen functional groups attached to an aromatic ring is 1. The van der Waals surface area contributed by atoms with Gasteiger partial charge in [0.2, 0.25) is 0 Å². The van der Waals surface area contributed by atoms with Gasteiger partial charge in [-0.1, -0.05) is 30.3 Å². The van der Waals surface area contributed by atoms with Crippen molar-refractivity contribution in [3.05, 3.63) is 60.2 Å². The van der Waals surface area contributed by atoms with Gasteiger partial charge in [-0.15, -0.1) is 0 Å². The van der Waals surface area contributed by atoms with Gasteiger partial charge in [-0.2, -0.15) is 5.10 Å². The molecule has 0 unspecified atom stereocenters. The Hall–Kier alpha value is -3.28. The summed E-state index contributed by atoms with van der Waals surface area (Å²) in [6.45, 7) is 3.90. The summed E-state index contributed by atoms with van der Waals surface area (Å²) in [6.07, 6.45) is 0. The molecule has 0 radical (unpaired) electrons. The molecule has 0 spiro atoms. The van der Waals surface area contributed by atoms with Gasteiger partial charge in [-0.05, 0) is 38.1 Å². The second kappa shape index (κ2) is 6.68. The maximum atomic E-state index is 11.8. The van der Waals surface area contributed by atoms with Crippen molar-refractivity contribution < 1.29 is 4.79 Å². The molecule has 3 aromatic rings. The normalized spacial score (nSPS) is 10.8. The monoisotopic (exact) mass is 335 g/mol. The van der Waals surface area contributed by atoms with Gasteiger partial charge in [-0.3, -0.25) is 4.79 Å². The molecule has 1 amide bonds. The van der Waals surface area contributed by atoms with Crippen LogP contribution in [-0.2, 0) is 0 Å². The maximum absolute atomic E-state index is 11.8. The van der Waals surface area contributed by atoms with Crippen molar-refractivity contribution >= 4 is 23.1 Å². The minimum absolute atomic E-state index is 0.0332. The van der Waals surface area contributed by atoms with Gasteiger partial charge < -0.3 is 16.8 Å². The van der Waals surface area contributed by atoms with Crippen LogP contribution in [-0.4, -0.2) is 15.7 Å². The second-order valence-electron chi connectivity index (χ2n) is 6.08. The number of anilines is 3. The first-order valence-corrected chi connectivity index (χ1v) is 8.07. The number of hydrogen-bond acceptors (Lipinski definition) is 4. The Bertz CT molecular complexity index is 882. The molecule has 0 saturated carbocycles. The lowest BCUT2D eigenvalue weighted by Gasteiger charge is -2.07. The van der Waals surface area contributed by atoms with Crippen LogP contribution in [0.2, 0.25) is 0 Å². The molecule has 0 bridgehead atoms. The van der Waals surface area contributed by atoms with Crippen molar-refractivity contribution in [2.75, 3.05) is 11.1 Å². The Morgan fingerprint density at radius 2 is 1.64 bits per heavy atom. The number of hydrogen-bond donors (Lipinski definition) is 3. The highest BCUT2D eigenvalue weighted by Crippen LogP contribution is 2.30. The Morgan fingerprint density at radius 3 is 2.20 bits per heavy atom. The quantitative estimate of drug-likeness (QED) is 0.664. The summed E-state index contributed by atoms with van der Waals surface area (Å²) < 4.78 is 1.62. The van der Waals surface area contributed by atoms with Gasteiger partial charge in [0.15, 0.2) is 0 Å². The molecule has 5 N–H and O–H groups in total. The number of carbonyl (C=O) groups excluding carboxylic acids is 1. The lowest BCUT2D eigenvalue weighted by atomic mass is 10.1. The number of para-hydroxylation sites is 1. The summed E-state index contributed by atoms with van der Waals surface area (Å²) in [4.78, 5) is 11.8. The number of nitrogens with zero attached hydrogens (tertiary/aromatic N) is 2. The fourth-order valence-electron chi connectivity index (χ4n) is 2.69. The molecule has 0 saturated heterocycles. The van der Waals surface area contributed by atoms with Gasteiger partial charge in [0.1, 0.15) is 17.1 Å². The average Bonchev–Trinajstić information content (AvgIpc) is 2.94. The number of nitrogens with one attached hydrogen (secondary N) is 1. The van der Waals surface area contributed by atoms with Crippen LogP contribution < -0.4 is 16.8 Å². The van der Waals surface area contributed by atoms with Gasteiger partial charge in [0.05, 0.1) is 0 Å². The lowest BCUT2D eigenvalue weighted by Crippen LogP contribution is -2.15. The van der Waals surface area contributed by atoms with Crippen molar-refractivity contribution in [2.24, 2.45) is 5.73 Å². The van der Waals surface area contributed by atoms with Crippen LogP contribution in [0.5, 0.6) is 0 Å². The van der Waals surface area contributed by atoms with Crippen molar-refractivity contribution in [3.63, 3.8) is 0 Å². The van der Waals surface area contributed by atoms with E-state index in [0.717, 1.165) is 16.9 Å². The zero-order chi connectivity index (χ0) is 18.0. The lowest BCUT2D eigenvalue weighted by molar-refractivity contribution is 0.100. The van der Waals surface area contributed by atoms with Crippen LogP contribution in [0, 0.1) is 0 Å². The Labute approximate surface area is 146 Å². The third-order valence-corrected chi connectivity index (χ3v) is 3.90. The van der Waals surface area contributed by atoms with E-state index in [4.69, 9.17) is 11.5 Å². The van der Waals surface area contributed by atoms with Crippen molar-refractivity contribution in [2.45, 2.75) is 19.9 Å². The van der Waals surface area contributed by atoms with Crippen LogP contribution >= 0.6 is 0 Å². The fourth-order valence-corrected chi connectivity index (χ4v) is 2.69. The molecule has 0 aliphatic carbocycles. The summed E-state index contributed by atoms with van der Waals surface area (Å²) in [5.74, 6) is -0.283. The summed E-state index contributed by atoms with van der Waals surface area (Å²) in [6, 6.07) is 17.6. The van der Waals surface area contributed by atoms with Crippen LogP contribution in [0.15, 0.2) is 54.6 Å². The number of aromatic nitrogens is 2. The third kappa shape index (κ3) is 3.33. The molecule has 128 valence electrons. The van der Waals surface area contributed by atoms with E-state index in [1.165, 1.54) is 0 Å². The molecule has 3 rings (SSSR count). The molecule has 0 fully saturated rings. The molecule has 2 aromatic carbocycles. The van der Waals surface area contributed by atoms with Crippen molar-refractivity contribution in [3.8, 4) is 11.3 Å². The highest BCUT2D eigenvalue weighted by Gasteiger charge is 2.22. The Morgan fingerprint density at radius 1 is 1.04 bits per heavy atom. The van der Waals surface area contributed by atoms with E-state index in [9.17, 15) is 4.79 Å². The molecule has 1 aromatic heterocycles. The molecule has 6 heteroatoms. The van der Waals surface area contributed by atoms with E-state index < -0.39 is 5.91 Å². The molecule has 1 heterocycles. The molecule has 0 atom stereocenters. The predicted molar refractivity (Wildman–Crippen MR) is 101 cm³/mol. The number of primary amides is 1. The van der Waals surface area contributed by atoms with E-state index in [1.807, 2.05) is 68.4 Å². The Kier molecular flexibility index (Phi) is 4.43. The Balaban J connectivity index is 1.95. The van der Waals surface area contributed by atoms with Crippen LogP contribution in [0.25, 0.3) is 11.3 Å². The zero-order valence-corrected chi connectivity index (χ0v) is 14.2. The topological polar surface area (TPSA) is 99.0 Å². The maximum Gasteiger partial charge on any atom is 0.254 e. The molecular weight excluding hydrogens is 314 g/mol. The van der Waals surface area contributed by atoms with E-state index in [-0.39, 0.29) is 11.6 Å². The largest absolute Gasteiger partial charge is 0.383 e. The van der Waals surface area contributed by atoms with E-state index in [0.29, 0.717) is 11.5 Å².